The Labute approximate surface area is 146 Å². The van der Waals surface area contributed by atoms with Crippen LogP contribution in [0.5, 0.6) is 5.75 Å². The van der Waals surface area contributed by atoms with Gasteiger partial charge < -0.3 is 20.7 Å². The number of hydrogen-bond donors (Lipinski definition) is 3. The molecule has 1 aliphatic heterocycles. The molecule has 1 aliphatic rings. The van der Waals surface area contributed by atoms with E-state index in [0.29, 0.717) is 30.9 Å². The fourth-order valence-corrected chi connectivity index (χ4v) is 2.57. The number of benzene rings is 2. The normalized spacial score (nSPS) is 15.6. The van der Waals surface area contributed by atoms with Gasteiger partial charge in [0.2, 0.25) is 0 Å². The quantitative estimate of drug-likeness (QED) is 0.783. The molecule has 3 N–H and O–H groups in total. The molecule has 0 saturated heterocycles. The Hall–Kier alpha value is -3.02. The lowest BCUT2D eigenvalue weighted by molar-refractivity contribution is -0.122. The molecular weight excluding hydrogens is 318 g/mol. The summed E-state index contributed by atoms with van der Waals surface area (Å²) in [5, 5.41) is 8.47. The SMILES string of the molecule is CC1Oc2ccc(CCNC(=O)NCc3ccccc3)cc2NC1=O. The van der Waals surface area contributed by atoms with Crippen LogP contribution in [-0.2, 0) is 17.8 Å². The van der Waals surface area contributed by atoms with Crippen molar-refractivity contribution in [2.24, 2.45) is 0 Å². The van der Waals surface area contributed by atoms with Crippen molar-refractivity contribution in [2.45, 2.75) is 26.0 Å². The largest absolute Gasteiger partial charge is 0.479 e. The molecular formula is C19H21N3O3. The molecule has 25 heavy (non-hydrogen) atoms. The third-order valence-corrected chi connectivity index (χ3v) is 3.97. The van der Waals surface area contributed by atoms with E-state index in [9.17, 15) is 9.59 Å². The number of carbonyl (C=O) groups is 2. The monoisotopic (exact) mass is 339 g/mol. The number of carbonyl (C=O) groups excluding carboxylic acids is 2. The lowest BCUT2D eigenvalue weighted by Crippen LogP contribution is -2.36. The first-order valence-corrected chi connectivity index (χ1v) is 8.28. The molecule has 1 unspecified atom stereocenters. The summed E-state index contributed by atoms with van der Waals surface area (Å²) in [6.07, 6.45) is 0.186. The van der Waals surface area contributed by atoms with E-state index in [2.05, 4.69) is 16.0 Å². The van der Waals surface area contributed by atoms with E-state index in [1.165, 1.54) is 0 Å². The minimum absolute atomic E-state index is 0.150. The number of anilines is 1. The molecule has 0 aromatic heterocycles. The Kier molecular flexibility index (Phi) is 5.18. The van der Waals surface area contributed by atoms with Crippen molar-refractivity contribution >= 4 is 17.6 Å². The second-order valence-electron chi connectivity index (χ2n) is 5.92. The van der Waals surface area contributed by atoms with Gasteiger partial charge in [0.05, 0.1) is 5.69 Å². The van der Waals surface area contributed by atoms with Gasteiger partial charge in [0.1, 0.15) is 5.75 Å². The van der Waals surface area contributed by atoms with Gasteiger partial charge in [0.25, 0.3) is 5.91 Å². The van der Waals surface area contributed by atoms with Crippen LogP contribution in [0.3, 0.4) is 0 Å². The van der Waals surface area contributed by atoms with Crippen LogP contribution < -0.4 is 20.7 Å². The summed E-state index contributed by atoms with van der Waals surface area (Å²) < 4.78 is 5.52. The van der Waals surface area contributed by atoms with E-state index in [-0.39, 0.29) is 11.9 Å². The van der Waals surface area contributed by atoms with Crippen LogP contribution in [0.1, 0.15) is 18.1 Å². The van der Waals surface area contributed by atoms with Gasteiger partial charge >= 0.3 is 6.03 Å². The van der Waals surface area contributed by atoms with Crippen molar-refractivity contribution in [1.29, 1.82) is 0 Å². The first-order chi connectivity index (χ1) is 12.1. The smallest absolute Gasteiger partial charge is 0.315 e. The fourth-order valence-electron chi connectivity index (χ4n) is 2.57. The molecule has 2 aromatic rings. The van der Waals surface area contributed by atoms with E-state index in [4.69, 9.17) is 4.74 Å². The molecule has 0 fully saturated rings. The van der Waals surface area contributed by atoms with Crippen LogP contribution in [-0.4, -0.2) is 24.6 Å². The Balaban J connectivity index is 1.45. The second kappa shape index (κ2) is 7.70. The summed E-state index contributed by atoms with van der Waals surface area (Å²) in [5.41, 5.74) is 2.74. The van der Waals surface area contributed by atoms with Crippen molar-refractivity contribution in [2.75, 3.05) is 11.9 Å². The average molecular weight is 339 g/mol. The minimum Gasteiger partial charge on any atom is -0.479 e. The second-order valence-corrected chi connectivity index (χ2v) is 5.92. The van der Waals surface area contributed by atoms with E-state index < -0.39 is 6.10 Å². The summed E-state index contributed by atoms with van der Waals surface area (Å²) >= 11 is 0. The molecule has 0 spiro atoms. The minimum atomic E-state index is -0.478. The number of hydrogen-bond acceptors (Lipinski definition) is 3. The molecule has 0 bridgehead atoms. The maximum atomic E-state index is 11.8. The Bertz CT molecular complexity index is 762. The molecule has 0 radical (unpaired) electrons. The van der Waals surface area contributed by atoms with E-state index in [1.807, 2.05) is 48.5 Å². The number of amides is 3. The fraction of sp³-hybridized carbons (Fsp3) is 0.263. The molecule has 2 aromatic carbocycles. The molecule has 130 valence electrons. The Morgan fingerprint density at radius 3 is 2.72 bits per heavy atom. The highest BCUT2D eigenvalue weighted by molar-refractivity contribution is 5.97. The summed E-state index contributed by atoms with van der Waals surface area (Å²) in [5.74, 6) is 0.521. The molecule has 3 amide bonds. The third kappa shape index (κ3) is 4.50. The molecule has 0 saturated carbocycles. The van der Waals surface area contributed by atoms with Gasteiger partial charge in [-0.3, -0.25) is 4.79 Å². The highest BCUT2D eigenvalue weighted by Gasteiger charge is 2.23. The van der Waals surface area contributed by atoms with Gasteiger partial charge in [-0.25, -0.2) is 4.79 Å². The summed E-state index contributed by atoms with van der Waals surface area (Å²) in [6.45, 7) is 2.71. The van der Waals surface area contributed by atoms with Gasteiger partial charge in [0.15, 0.2) is 6.10 Å². The number of rotatable bonds is 5. The molecule has 3 rings (SSSR count). The number of ether oxygens (including phenoxy) is 1. The molecule has 6 heteroatoms. The van der Waals surface area contributed by atoms with Crippen LogP contribution in [0.2, 0.25) is 0 Å². The molecule has 1 heterocycles. The maximum absolute atomic E-state index is 11.8. The third-order valence-electron chi connectivity index (χ3n) is 3.97. The highest BCUT2D eigenvalue weighted by Crippen LogP contribution is 2.30. The summed E-state index contributed by atoms with van der Waals surface area (Å²) in [7, 11) is 0. The van der Waals surface area contributed by atoms with Crippen LogP contribution in [0.4, 0.5) is 10.5 Å². The first kappa shape index (κ1) is 16.8. The lowest BCUT2D eigenvalue weighted by Gasteiger charge is -2.23. The number of fused-ring (bicyclic) bond motifs is 1. The lowest BCUT2D eigenvalue weighted by atomic mass is 10.1. The Morgan fingerprint density at radius 2 is 1.92 bits per heavy atom. The predicted molar refractivity (Wildman–Crippen MR) is 95.5 cm³/mol. The number of urea groups is 1. The number of nitrogens with one attached hydrogen (secondary N) is 3. The van der Waals surface area contributed by atoms with Crippen molar-refractivity contribution in [1.82, 2.24) is 10.6 Å². The van der Waals surface area contributed by atoms with Gasteiger partial charge in [-0.15, -0.1) is 0 Å². The maximum Gasteiger partial charge on any atom is 0.315 e. The predicted octanol–water partition coefficient (Wildman–Crippen LogP) is 2.45. The van der Waals surface area contributed by atoms with Crippen molar-refractivity contribution in [3.05, 3.63) is 59.7 Å². The van der Waals surface area contributed by atoms with Gasteiger partial charge in [-0.2, -0.15) is 0 Å². The van der Waals surface area contributed by atoms with Crippen molar-refractivity contribution < 1.29 is 14.3 Å². The zero-order valence-corrected chi connectivity index (χ0v) is 14.0. The van der Waals surface area contributed by atoms with E-state index >= 15 is 0 Å². The Morgan fingerprint density at radius 1 is 1.12 bits per heavy atom. The molecule has 1 atom stereocenters. The van der Waals surface area contributed by atoms with Crippen LogP contribution in [0.25, 0.3) is 0 Å². The summed E-state index contributed by atoms with van der Waals surface area (Å²) in [6, 6.07) is 15.2. The van der Waals surface area contributed by atoms with E-state index in [0.717, 1.165) is 11.1 Å². The zero-order chi connectivity index (χ0) is 17.6. The van der Waals surface area contributed by atoms with Gasteiger partial charge in [-0.05, 0) is 36.6 Å². The van der Waals surface area contributed by atoms with E-state index in [1.54, 1.807) is 6.92 Å². The standard InChI is InChI=1S/C19H21N3O3/c1-13-18(23)22-16-11-14(7-8-17(16)25-13)9-10-20-19(24)21-12-15-5-3-2-4-6-15/h2-8,11,13H,9-10,12H2,1H3,(H,22,23)(H2,20,21,24). The molecule has 0 aliphatic carbocycles. The zero-order valence-electron chi connectivity index (χ0n) is 14.0. The average Bonchev–Trinajstić information content (AvgIpc) is 2.62. The highest BCUT2D eigenvalue weighted by atomic mass is 16.5. The van der Waals surface area contributed by atoms with Crippen LogP contribution in [0, 0.1) is 0 Å². The molecule has 6 nitrogen and oxygen atoms in total. The van der Waals surface area contributed by atoms with Crippen molar-refractivity contribution in [3.63, 3.8) is 0 Å². The van der Waals surface area contributed by atoms with Crippen molar-refractivity contribution in [3.8, 4) is 5.75 Å². The van der Waals surface area contributed by atoms with Crippen LogP contribution >= 0.6 is 0 Å². The first-order valence-electron chi connectivity index (χ1n) is 8.28. The van der Waals surface area contributed by atoms with Gasteiger partial charge in [-0.1, -0.05) is 36.4 Å². The summed E-state index contributed by atoms with van der Waals surface area (Å²) in [4.78, 5) is 23.5. The topological polar surface area (TPSA) is 79.5 Å². The van der Waals surface area contributed by atoms with Crippen LogP contribution in [0.15, 0.2) is 48.5 Å². The van der Waals surface area contributed by atoms with Gasteiger partial charge in [0, 0.05) is 13.1 Å².